The van der Waals surface area contributed by atoms with Gasteiger partial charge in [0.05, 0.1) is 11.6 Å². The van der Waals surface area contributed by atoms with Crippen LogP contribution in [0.4, 0.5) is 0 Å². The van der Waals surface area contributed by atoms with Crippen molar-refractivity contribution in [2.24, 2.45) is 0 Å². The molecule has 1 heterocycles. The zero-order valence-electron chi connectivity index (χ0n) is 12.5. The van der Waals surface area contributed by atoms with Gasteiger partial charge in [-0.3, -0.25) is 4.79 Å². The first kappa shape index (κ1) is 16.6. The highest BCUT2D eigenvalue weighted by molar-refractivity contribution is 6.35. The van der Waals surface area contributed by atoms with E-state index in [-0.39, 0.29) is 24.2 Å². The Morgan fingerprint density at radius 2 is 2.14 bits per heavy atom. The standard InChI is InChI=1S/C15H20Cl2N2O2/c1-10(12-5-4-11(16)6-13(12)17)19(3)14(20)7-21-15(2)8-18-9-15/h4-6,10,18H,7-9H2,1-3H3. The molecule has 4 nitrogen and oxygen atoms in total. The fourth-order valence-electron chi connectivity index (χ4n) is 2.18. The van der Waals surface area contributed by atoms with Gasteiger partial charge >= 0.3 is 0 Å². The van der Waals surface area contributed by atoms with Crippen molar-refractivity contribution in [3.63, 3.8) is 0 Å². The molecule has 0 aromatic heterocycles. The summed E-state index contributed by atoms with van der Waals surface area (Å²) in [4.78, 5) is 13.9. The smallest absolute Gasteiger partial charge is 0.248 e. The van der Waals surface area contributed by atoms with Gasteiger partial charge in [-0.1, -0.05) is 29.3 Å². The molecule has 1 aliphatic heterocycles. The van der Waals surface area contributed by atoms with Gasteiger partial charge in [0.1, 0.15) is 6.61 Å². The number of benzene rings is 1. The van der Waals surface area contributed by atoms with E-state index in [1.807, 2.05) is 19.9 Å². The maximum Gasteiger partial charge on any atom is 0.248 e. The first-order valence-corrected chi connectivity index (χ1v) is 7.63. The van der Waals surface area contributed by atoms with E-state index in [1.165, 1.54) is 0 Å². The molecular formula is C15H20Cl2N2O2. The second-order valence-electron chi connectivity index (χ2n) is 5.69. The number of nitrogens with zero attached hydrogens (tertiary/aromatic N) is 1. The Morgan fingerprint density at radius 3 is 2.67 bits per heavy atom. The van der Waals surface area contributed by atoms with Gasteiger partial charge in [0.15, 0.2) is 0 Å². The first-order chi connectivity index (χ1) is 9.82. The molecule has 0 spiro atoms. The van der Waals surface area contributed by atoms with E-state index < -0.39 is 0 Å². The van der Waals surface area contributed by atoms with E-state index >= 15 is 0 Å². The number of halogens is 2. The molecule has 1 aliphatic rings. The largest absolute Gasteiger partial charge is 0.363 e. The van der Waals surface area contributed by atoms with Gasteiger partial charge < -0.3 is 15.0 Å². The Bertz CT molecular complexity index is 532. The van der Waals surface area contributed by atoms with Crippen molar-refractivity contribution in [3.05, 3.63) is 33.8 Å². The van der Waals surface area contributed by atoms with Crippen LogP contribution < -0.4 is 5.32 Å². The van der Waals surface area contributed by atoms with E-state index in [9.17, 15) is 4.79 Å². The second-order valence-corrected chi connectivity index (χ2v) is 6.53. The average Bonchev–Trinajstić information content (AvgIpc) is 2.41. The summed E-state index contributed by atoms with van der Waals surface area (Å²) in [6.45, 7) is 5.56. The Morgan fingerprint density at radius 1 is 1.48 bits per heavy atom. The molecule has 0 bridgehead atoms. The molecule has 1 N–H and O–H groups in total. The minimum Gasteiger partial charge on any atom is -0.363 e. The summed E-state index contributed by atoms with van der Waals surface area (Å²) in [5, 5.41) is 4.28. The molecule has 1 fully saturated rings. The van der Waals surface area contributed by atoms with Crippen molar-refractivity contribution in [2.75, 3.05) is 26.7 Å². The Balaban J connectivity index is 1.97. The van der Waals surface area contributed by atoms with Gasteiger partial charge in [0.25, 0.3) is 0 Å². The highest BCUT2D eigenvalue weighted by Gasteiger charge is 2.33. The number of rotatable bonds is 5. The third-order valence-corrected chi connectivity index (χ3v) is 4.49. The quantitative estimate of drug-likeness (QED) is 0.902. The van der Waals surface area contributed by atoms with Crippen molar-refractivity contribution in [3.8, 4) is 0 Å². The SMILES string of the molecule is CC(c1ccc(Cl)cc1Cl)N(C)C(=O)COC1(C)CNC1. The van der Waals surface area contributed by atoms with Crippen molar-refractivity contribution in [2.45, 2.75) is 25.5 Å². The fraction of sp³-hybridized carbons (Fsp3) is 0.533. The number of carbonyl (C=O) groups excluding carboxylic acids is 1. The van der Waals surface area contributed by atoms with Gasteiger partial charge in [-0.25, -0.2) is 0 Å². The fourth-order valence-corrected chi connectivity index (χ4v) is 2.75. The zero-order chi connectivity index (χ0) is 15.6. The second kappa shape index (κ2) is 6.53. The van der Waals surface area contributed by atoms with Crippen LogP contribution in [0.3, 0.4) is 0 Å². The number of carbonyl (C=O) groups is 1. The summed E-state index contributed by atoms with van der Waals surface area (Å²) >= 11 is 12.1. The van der Waals surface area contributed by atoms with Gasteiger partial charge in [-0.05, 0) is 31.5 Å². The minimum absolute atomic E-state index is 0.0679. The lowest BCUT2D eigenvalue weighted by Gasteiger charge is -2.39. The molecular weight excluding hydrogens is 311 g/mol. The van der Waals surface area contributed by atoms with E-state index in [2.05, 4.69) is 5.32 Å². The van der Waals surface area contributed by atoms with Crippen LogP contribution in [-0.2, 0) is 9.53 Å². The normalized spacial score (nSPS) is 18.0. The summed E-state index contributed by atoms with van der Waals surface area (Å²) in [6.07, 6.45) is 0. The van der Waals surface area contributed by atoms with Crippen LogP contribution in [0.15, 0.2) is 18.2 Å². The number of nitrogens with one attached hydrogen (secondary N) is 1. The van der Waals surface area contributed by atoms with E-state index in [4.69, 9.17) is 27.9 Å². The molecule has 1 amide bonds. The number of amides is 1. The Labute approximate surface area is 135 Å². The van der Waals surface area contributed by atoms with Gasteiger partial charge in [0, 0.05) is 30.2 Å². The van der Waals surface area contributed by atoms with Crippen LogP contribution in [0.1, 0.15) is 25.5 Å². The van der Waals surface area contributed by atoms with Crippen LogP contribution in [0.2, 0.25) is 10.0 Å². The number of hydrogen-bond donors (Lipinski definition) is 1. The maximum atomic E-state index is 12.2. The van der Waals surface area contributed by atoms with Gasteiger partial charge in [0.2, 0.25) is 5.91 Å². The van der Waals surface area contributed by atoms with E-state index in [0.29, 0.717) is 10.0 Å². The zero-order valence-corrected chi connectivity index (χ0v) is 14.0. The predicted octanol–water partition coefficient (Wildman–Crippen LogP) is 2.89. The molecule has 0 aliphatic carbocycles. The van der Waals surface area contributed by atoms with Crippen LogP contribution in [0, 0.1) is 0 Å². The molecule has 0 radical (unpaired) electrons. The molecule has 0 saturated carbocycles. The monoisotopic (exact) mass is 330 g/mol. The molecule has 1 aromatic carbocycles. The molecule has 6 heteroatoms. The lowest BCUT2D eigenvalue weighted by atomic mass is 10.0. The molecule has 1 saturated heterocycles. The number of hydrogen-bond acceptors (Lipinski definition) is 3. The van der Waals surface area contributed by atoms with E-state index in [0.717, 1.165) is 18.7 Å². The van der Waals surface area contributed by atoms with Crippen molar-refractivity contribution in [1.82, 2.24) is 10.2 Å². The summed E-state index contributed by atoms with van der Waals surface area (Å²) in [6, 6.07) is 5.16. The summed E-state index contributed by atoms with van der Waals surface area (Å²) in [5.74, 6) is -0.0679. The lowest BCUT2D eigenvalue weighted by molar-refractivity contribution is -0.146. The highest BCUT2D eigenvalue weighted by atomic mass is 35.5. The van der Waals surface area contributed by atoms with Crippen LogP contribution >= 0.6 is 23.2 Å². The lowest BCUT2D eigenvalue weighted by Crippen LogP contribution is -2.59. The molecule has 1 aromatic rings. The maximum absolute atomic E-state index is 12.2. The molecule has 116 valence electrons. The van der Waals surface area contributed by atoms with Crippen molar-refractivity contribution < 1.29 is 9.53 Å². The molecule has 2 rings (SSSR count). The molecule has 1 unspecified atom stereocenters. The third kappa shape index (κ3) is 3.89. The van der Waals surface area contributed by atoms with Crippen LogP contribution in [0.5, 0.6) is 0 Å². The summed E-state index contributed by atoms with van der Waals surface area (Å²) < 4.78 is 5.68. The summed E-state index contributed by atoms with van der Waals surface area (Å²) in [7, 11) is 1.75. The third-order valence-electron chi connectivity index (χ3n) is 3.93. The van der Waals surface area contributed by atoms with Crippen molar-refractivity contribution >= 4 is 29.1 Å². The molecule has 1 atom stereocenters. The number of likely N-dealkylation sites (N-methyl/N-ethyl adjacent to an activating group) is 1. The molecule has 21 heavy (non-hydrogen) atoms. The number of ether oxygens (including phenoxy) is 1. The highest BCUT2D eigenvalue weighted by Crippen LogP contribution is 2.29. The average molecular weight is 331 g/mol. The van der Waals surface area contributed by atoms with Crippen molar-refractivity contribution in [1.29, 1.82) is 0 Å². The summed E-state index contributed by atoms with van der Waals surface area (Å²) in [5.41, 5.74) is 0.644. The van der Waals surface area contributed by atoms with Crippen LogP contribution in [0.25, 0.3) is 0 Å². The minimum atomic E-state index is -0.225. The predicted molar refractivity (Wildman–Crippen MR) is 84.9 cm³/mol. The van der Waals surface area contributed by atoms with E-state index in [1.54, 1.807) is 24.1 Å². The van der Waals surface area contributed by atoms with Gasteiger partial charge in [-0.15, -0.1) is 0 Å². The Hall–Kier alpha value is -0.810. The Kier molecular flexibility index (Phi) is 5.15. The van der Waals surface area contributed by atoms with Crippen LogP contribution in [-0.4, -0.2) is 43.2 Å². The first-order valence-electron chi connectivity index (χ1n) is 6.88. The van der Waals surface area contributed by atoms with Gasteiger partial charge in [-0.2, -0.15) is 0 Å². The topological polar surface area (TPSA) is 41.6 Å².